The third-order valence-corrected chi connectivity index (χ3v) is 7.44. The van der Waals surface area contributed by atoms with Crippen LogP contribution in [0.25, 0.3) is 0 Å². The Morgan fingerprint density at radius 3 is 2.41 bits per heavy atom. The summed E-state index contributed by atoms with van der Waals surface area (Å²) >= 11 is 13.0. The molecule has 0 amide bonds. The normalized spacial score (nSPS) is 17.5. The number of benzene rings is 4. The van der Waals surface area contributed by atoms with Crippen molar-refractivity contribution < 1.29 is 18.9 Å². The van der Waals surface area contributed by atoms with Gasteiger partial charge in [0.05, 0.1) is 31.0 Å². The Morgan fingerprint density at radius 2 is 1.67 bits per heavy atom. The molecule has 4 aromatic rings. The molecule has 2 aliphatic rings. The largest absolute Gasteiger partial charge is 0.493 e. The second-order valence-electron chi connectivity index (χ2n) is 9.34. The van der Waals surface area contributed by atoms with Crippen LogP contribution in [0.1, 0.15) is 40.9 Å². The number of hydrazone groups is 1. The van der Waals surface area contributed by atoms with Gasteiger partial charge in [0.1, 0.15) is 18.1 Å². The molecule has 0 fully saturated rings. The van der Waals surface area contributed by atoms with Gasteiger partial charge in [0.25, 0.3) is 0 Å². The Bertz CT molecular complexity index is 1530. The summed E-state index contributed by atoms with van der Waals surface area (Å²) < 4.78 is 23.4. The maximum Gasteiger partial charge on any atom is 0.213 e. The number of hydrogen-bond donors (Lipinski definition) is 0. The van der Waals surface area contributed by atoms with Gasteiger partial charge >= 0.3 is 0 Å². The van der Waals surface area contributed by atoms with Crippen molar-refractivity contribution in [3.05, 3.63) is 117 Å². The van der Waals surface area contributed by atoms with Crippen LogP contribution < -0.4 is 18.9 Å². The summed E-state index contributed by atoms with van der Waals surface area (Å²) in [5.74, 6) is 2.71. The first-order chi connectivity index (χ1) is 19.0. The van der Waals surface area contributed by atoms with E-state index in [9.17, 15) is 0 Å². The van der Waals surface area contributed by atoms with Crippen LogP contribution in [0.15, 0.2) is 90.0 Å². The first-order valence-corrected chi connectivity index (χ1v) is 13.3. The first kappa shape index (κ1) is 25.4. The van der Waals surface area contributed by atoms with Crippen molar-refractivity contribution in [1.29, 1.82) is 0 Å². The number of methoxy groups -OCH3 is 2. The minimum atomic E-state index is -0.484. The predicted molar refractivity (Wildman–Crippen MR) is 152 cm³/mol. The van der Waals surface area contributed by atoms with E-state index in [0.29, 0.717) is 40.3 Å². The Hall–Kier alpha value is -3.87. The molecule has 0 N–H and O–H groups in total. The zero-order valence-corrected chi connectivity index (χ0v) is 22.9. The van der Waals surface area contributed by atoms with E-state index in [4.69, 9.17) is 47.3 Å². The number of fused-ring (bicyclic) bond motifs is 3. The fourth-order valence-corrected chi connectivity index (χ4v) is 5.55. The van der Waals surface area contributed by atoms with Gasteiger partial charge in [-0.3, -0.25) is 0 Å². The van der Waals surface area contributed by atoms with Crippen molar-refractivity contribution in [3.8, 4) is 23.0 Å². The van der Waals surface area contributed by atoms with E-state index in [1.807, 2.05) is 83.9 Å². The van der Waals surface area contributed by atoms with Crippen molar-refractivity contribution >= 4 is 28.9 Å². The summed E-state index contributed by atoms with van der Waals surface area (Å²) in [6.45, 7) is 0.497. The Morgan fingerprint density at radius 1 is 0.897 bits per heavy atom. The van der Waals surface area contributed by atoms with Crippen LogP contribution >= 0.6 is 23.2 Å². The molecule has 4 aromatic carbocycles. The van der Waals surface area contributed by atoms with Gasteiger partial charge in [-0.15, -0.1) is 0 Å². The zero-order chi connectivity index (χ0) is 26.9. The lowest BCUT2D eigenvalue weighted by Crippen LogP contribution is -2.33. The van der Waals surface area contributed by atoms with E-state index in [0.717, 1.165) is 33.7 Å². The third-order valence-electron chi connectivity index (χ3n) is 6.94. The van der Waals surface area contributed by atoms with Gasteiger partial charge in [0.15, 0.2) is 11.5 Å². The molecule has 6 nitrogen and oxygen atoms in total. The molecule has 39 heavy (non-hydrogen) atoms. The van der Waals surface area contributed by atoms with Gasteiger partial charge in [-0.2, -0.15) is 5.10 Å². The fourth-order valence-electron chi connectivity index (χ4n) is 4.99. The fraction of sp³-hybridized carbons (Fsp3) is 0.194. The molecular weight excluding hydrogens is 535 g/mol. The number of ether oxygens (including phenoxy) is 4. The Labute approximate surface area is 237 Å². The molecule has 2 atom stereocenters. The Balaban J connectivity index is 1.33. The van der Waals surface area contributed by atoms with Crippen LogP contribution in [-0.4, -0.2) is 24.9 Å². The van der Waals surface area contributed by atoms with Crippen molar-refractivity contribution in [2.24, 2.45) is 5.10 Å². The average molecular weight is 561 g/mol. The maximum atomic E-state index is 6.63. The molecule has 0 spiro atoms. The van der Waals surface area contributed by atoms with E-state index < -0.39 is 6.23 Å². The van der Waals surface area contributed by atoms with Crippen molar-refractivity contribution in [2.45, 2.75) is 25.3 Å². The quantitative estimate of drug-likeness (QED) is 0.230. The summed E-state index contributed by atoms with van der Waals surface area (Å²) in [7, 11) is 3.24. The molecule has 6 rings (SSSR count). The van der Waals surface area contributed by atoms with E-state index in [-0.39, 0.29) is 6.04 Å². The van der Waals surface area contributed by atoms with Crippen molar-refractivity contribution in [1.82, 2.24) is 5.01 Å². The standard InChI is InChI=1S/C31H26Cl2N2O4/c1-36-28-13-10-21(14-29(28)37-2)26-17-27-24-15-22(32)16-25(33)30(24)39-31(35(27)34-26)20-8-11-23(12-9-20)38-18-19-6-4-3-5-7-19/h3-16,27,31H,17-18H2,1-2H3/t27-,31-/m1/s1. The molecule has 0 aromatic heterocycles. The predicted octanol–water partition coefficient (Wildman–Crippen LogP) is 7.83. The summed E-state index contributed by atoms with van der Waals surface area (Å²) in [6, 6.07) is 27.3. The lowest BCUT2D eigenvalue weighted by Gasteiger charge is -2.38. The van der Waals surface area contributed by atoms with Crippen LogP contribution in [0, 0.1) is 0 Å². The summed E-state index contributed by atoms with van der Waals surface area (Å²) in [5, 5.41) is 8.06. The molecule has 0 bridgehead atoms. The second-order valence-corrected chi connectivity index (χ2v) is 10.2. The number of hydrogen-bond acceptors (Lipinski definition) is 6. The minimum Gasteiger partial charge on any atom is -0.493 e. The molecule has 0 unspecified atom stereocenters. The van der Waals surface area contributed by atoms with E-state index in [1.165, 1.54) is 0 Å². The van der Waals surface area contributed by atoms with Gasteiger partial charge < -0.3 is 18.9 Å². The van der Waals surface area contributed by atoms with Gasteiger partial charge in [-0.25, -0.2) is 5.01 Å². The minimum absolute atomic E-state index is 0.105. The molecule has 0 radical (unpaired) electrons. The van der Waals surface area contributed by atoms with E-state index in [2.05, 4.69) is 0 Å². The zero-order valence-electron chi connectivity index (χ0n) is 21.4. The molecule has 0 saturated carbocycles. The van der Waals surface area contributed by atoms with Gasteiger partial charge in [-0.05, 0) is 60.2 Å². The topological polar surface area (TPSA) is 52.5 Å². The Kier molecular flexibility index (Phi) is 6.98. The van der Waals surface area contributed by atoms with Crippen LogP contribution in [0.5, 0.6) is 23.0 Å². The van der Waals surface area contributed by atoms with Crippen LogP contribution in [0.4, 0.5) is 0 Å². The summed E-state index contributed by atoms with van der Waals surface area (Å²) in [4.78, 5) is 0. The van der Waals surface area contributed by atoms with Gasteiger partial charge in [0, 0.05) is 28.1 Å². The summed E-state index contributed by atoms with van der Waals surface area (Å²) in [6.07, 6.45) is 0.166. The van der Waals surface area contributed by atoms with Crippen molar-refractivity contribution in [3.63, 3.8) is 0 Å². The molecular formula is C31H26Cl2N2O4. The van der Waals surface area contributed by atoms with Crippen LogP contribution in [0.3, 0.4) is 0 Å². The lowest BCUT2D eigenvalue weighted by atomic mass is 9.95. The number of nitrogens with zero attached hydrogens (tertiary/aromatic N) is 2. The molecule has 2 heterocycles. The molecule has 198 valence electrons. The van der Waals surface area contributed by atoms with Gasteiger partial charge in [0.2, 0.25) is 6.23 Å². The first-order valence-electron chi connectivity index (χ1n) is 12.5. The molecule has 8 heteroatoms. The number of halogens is 2. The average Bonchev–Trinajstić information content (AvgIpc) is 3.42. The molecule has 0 aliphatic carbocycles. The van der Waals surface area contributed by atoms with Crippen molar-refractivity contribution in [2.75, 3.05) is 14.2 Å². The monoisotopic (exact) mass is 560 g/mol. The van der Waals surface area contributed by atoms with E-state index in [1.54, 1.807) is 20.3 Å². The maximum absolute atomic E-state index is 6.63. The molecule has 2 aliphatic heterocycles. The van der Waals surface area contributed by atoms with Crippen LogP contribution in [-0.2, 0) is 6.61 Å². The highest BCUT2D eigenvalue weighted by Crippen LogP contribution is 2.51. The highest BCUT2D eigenvalue weighted by molar-refractivity contribution is 6.35. The van der Waals surface area contributed by atoms with Gasteiger partial charge in [-0.1, -0.05) is 53.5 Å². The summed E-state index contributed by atoms with van der Waals surface area (Å²) in [5.41, 5.74) is 4.80. The SMILES string of the molecule is COc1ccc(C2=NN3[C@H](C2)c2cc(Cl)cc(Cl)c2O[C@@H]3c2ccc(OCc3ccccc3)cc2)cc1OC. The number of rotatable bonds is 7. The second kappa shape index (κ2) is 10.7. The smallest absolute Gasteiger partial charge is 0.213 e. The van der Waals surface area contributed by atoms with E-state index >= 15 is 0 Å². The highest BCUT2D eigenvalue weighted by atomic mass is 35.5. The van der Waals surface area contributed by atoms with Crippen LogP contribution in [0.2, 0.25) is 10.0 Å². The lowest BCUT2D eigenvalue weighted by molar-refractivity contribution is -0.0189. The third kappa shape index (κ3) is 4.98. The highest BCUT2D eigenvalue weighted by Gasteiger charge is 2.42. The molecule has 0 saturated heterocycles.